The van der Waals surface area contributed by atoms with Crippen LogP contribution in [0.1, 0.15) is 209 Å². The molecular weight excluding hydrogens is 1790 g/mol. The Bertz CT molecular complexity index is 4550. The number of fused-ring (bicyclic) bond motifs is 10. The Hall–Kier alpha value is -7.22. The van der Waals surface area contributed by atoms with E-state index in [1.807, 2.05) is 120 Å². The average Bonchev–Trinajstić information content (AvgIpc) is 1.57. The molecule has 8 amide bonds. The number of Topliss-reactive ketones (excluding diaryl/α,β-unsaturated/α-hetero) is 2. The van der Waals surface area contributed by atoms with E-state index >= 15 is 0 Å². The largest absolute Gasteiger partial charge is 0.481 e. The van der Waals surface area contributed by atoms with Crippen LogP contribution in [0.2, 0.25) is 10.0 Å². The van der Waals surface area contributed by atoms with Crippen LogP contribution in [0.15, 0.2) is 71.9 Å². The van der Waals surface area contributed by atoms with Crippen LogP contribution in [0.5, 0.6) is 0 Å². The maximum Gasteiger partial charge on any atom is 0.409 e. The summed E-state index contributed by atoms with van der Waals surface area (Å²) in [6.07, 6.45) is 7.81. The molecule has 0 saturated carbocycles. The highest BCUT2D eigenvalue weighted by atomic mass is 35.5. The first kappa shape index (κ1) is 110. The lowest BCUT2D eigenvalue weighted by Crippen LogP contribution is -2.63. The van der Waals surface area contributed by atoms with Crippen molar-refractivity contribution >= 4 is 149 Å². The number of ether oxygens (including phenoxy) is 6. The number of hydrogen-bond donors (Lipinski definition) is 8. The summed E-state index contributed by atoms with van der Waals surface area (Å²) in [6, 6.07) is 6.09. The number of nitrogens with one attached hydrogen (secondary N) is 4. The summed E-state index contributed by atoms with van der Waals surface area (Å²) in [7, 11) is 16.0. The summed E-state index contributed by atoms with van der Waals surface area (Å²) in [5.74, 6) is -6.14. The number of alkyl carbamates (subject to hydrolysis) is 2. The van der Waals surface area contributed by atoms with Crippen molar-refractivity contribution in [1.82, 2.24) is 31.1 Å². The normalized spacial score (nSPS) is 28.4. The molecular formula is C94H138Cl2N8O22S4. The minimum atomic E-state index is -1.81. The SMILES string of the molecule is CO[C@@H]1/C=C/C=C(\C)Cc2cc(C)c(Cl)c(c2)N(C)C(=O)C[C@H](CC(=O)[C@H](C)N(C)C(=O)CCC(C)(C)SSCCCNC(=O)C(C)CC(=O)O)[C@]2(C)O[C@H]2[C@H](C)[C@@H]2C[C@@]1(O)NC(=O)O2.CO[C@@H]1/C=C/C=C(\C)Cc2cc(C)c(Cl)c(c2)N(C)C(=O)C[C@H](CC(=O)[C@H](C)N(C)C(=O)CCC(C)(C)SSCCCNC(=O)CC(C)C(=O)O)[C@]2(C)O[C@H]2[C@H](C)[C@@H]2C[C@@]1(O)NC(=O)O2. The zero-order valence-corrected chi connectivity index (χ0v) is 84.1. The van der Waals surface area contributed by atoms with Gasteiger partial charge in [0.25, 0.3) is 0 Å². The van der Waals surface area contributed by atoms with Crippen molar-refractivity contribution < 1.29 is 106 Å². The Morgan fingerprint density at radius 3 is 1.36 bits per heavy atom. The number of methoxy groups -OCH3 is 2. The third-order valence-electron chi connectivity index (χ3n) is 25.9. The van der Waals surface area contributed by atoms with Crippen LogP contribution in [0.25, 0.3) is 0 Å². The van der Waals surface area contributed by atoms with Crippen LogP contribution >= 0.6 is 66.4 Å². The maximum atomic E-state index is 14.3. The van der Waals surface area contributed by atoms with E-state index in [0.29, 0.717) is 73.0 Å². The van der Waals surface area contributed by atoms with Gasteiger partial charge in [0.1, 0.15) is 24.4 Å². The standard InChI is InChI=1S/2C47H69ClN4O11S2/c1-27-14-12-15-37(61-11)47(60)26-36(62-44(59)50-47)30(4)42-46(8,63-42)33(25-40(56)52(10)34-23-32(20-27)21-28(2)41(34)48)24-35(53)31(5)51(9)39(55)16-17-45(6,7)65-64-19-13-18-49-38(54)22-29(3)43(57)58;1-27-14-12-15-37(61-11)47(60)26-36(62-44(59)50-47)30(4)42-46(8,63-42)33(25-39(55)52(10)34-23-32(20-27)21-28(2)41(34)48)24-35(53)31(5)51(9)38(54)16-17-45(6,7)65-64-19-13-18-49-43(58)29(3)22-40(56)57/h12,14-15,21,23,29-31,33,36-37,42,60H,13,16-20,22,24-26H2,1-11H3,(H,49,54)(H,50,59)(H,57,58);12,14-15,21,23,29-31,33,36-37,42,60H,13,16-20,22,24-26H2,1-11H3,(H,49,58)(H,50,59)(H,56,57)/b2*15-12+,27-14+/t2*29?,30-,31+,33+,36+,37-,42+,46+,47+/m11/s1. The van der Waals surface area contributed by atoms with Crippen molar-refractivity contribution in [2.75, 3.05) is 76.8 Å². The molecule has 8 bridgehead atoms. The molecule has 0 aromatic heterocycles. The number of aryl methyl sites for hydroxylation is 2. The van der Waals surface area contributed by atoms with Crippen LogP contribution in [-0.4, -0.2) is 249 Å². The van der Waals surface area contributed by atoms with E-state index in [9.17, 15) is 67.7 Å². The van der Waals surface area contributed by atoms with Crippen molar-refractivity contribution in [3.8, 4) is 0 Å². The molecule has 6 aliphatic heterocycles. The smallest absolute Gasteiger partial charge is 0.409 e. The van der Waals surface area contributed by atoms with Crippen molar-refractivity contribution in [2.45, 2.75) is 294 Å². The van der Waals surface area contributed by atoms with Crippen LogP contribution < -0.4 is 31.1 Å². The number of benzene rings is 2. The van der Waals surface area contributed by atoms with Gasteiger partial charge < -0.3 is 79.1 Å². The Balaban J connectivity index is 0.000000356. The molecule has 30 nitrogen and oxygen atoms in total. The van der Waals surface area contributed by atoms with Gasteiger partial charge in [-0.05, 0) is 156 Å². The molecule has 8 N–H and O–H groups in total. The first-order valence-electron chi connectivity index (χ1n) is 44.4. The predicted molar refractivity (Wildman–Crippen MR) is 510 cm³/mol. The van der Waals surface area contributed by atoms with E-state index in [1.165, 1.54) is 40.7 Å². The molecule has 4 saturated heterocycles. The second-order valence-electron chi connectivity index (χ2n) is 37.5. The summed E-state index contributed by atoms with van der Waals surface area (Å²) in [6.45, 7) is 30.6. The van der Waals surface area contributed by atoms with Gasteiger partial charge >= 0.3 is 24.1 Å². The van der Waals surface area contributed by atoms with E-state index in [2.05, 4.69) is 21.3 Å². The van der Waals surface area contributed by atoms with Gasteiger partial charge in [-0.2, -0.15) is 0 Å². The zero-order valence-electron chi connectivity index (χ0n) is 79.3. The molecule has 36 heteroatoms. The molecule has 0 spiro atoms. The number of rotatable bonds is 34. The number of aliphatic hydroxyl groups is 2. The predicted octanol–water partition coefficient (Wildman–Crippen LogP) is 14.1. The molecule has 8 rings (SSSR count). The van der Waals surface area contributed by atoms with Gasteiger partial charge in [0.05, 0.1) is 69.3 Å². The molecule has 724 valence electrons. The van der Waals surface area contributed by atoms with Gasteiger partial charge in [0.2, 0.25) is 35.4 Å². The Labute approximate surface area is 792 Å². The number of hydrogen-bond acceptors (Lipinski definition) is 24. The fourth-order valence-corrected chi connectivity index (χ4v) is 22.6. The molecule has 2 aromatic rings. The summed E-state index contributed by atoms with van der Waals surface area (Å²) in [5, 5.41) is 53.1. The Morgan fingerprint density at radius 1 is 0.608 bits per heavy atom. The van der Waals surface area contributed by atoms with E-state index in [1.54, 1.807) is 116 Å². The number of epoxide rings is 2. The molecule has 2 unspecified atom stereocenters. The Morgan fingerprint density at radius 2 is 0.992 bits per heavy atom. The fourth-order valence-electron chi connectivity index (χ4n) is 16.8. The monoisotopic (exact) mass is 1930 g/mol. The minimum absolute atomic E-state index is 0.0229. The molecule has 6 aliphatic rings. The summed E-state index contributed by atoms with van der Waals surface area (Å²) >= 11 is 13.7. The van der Waals surface area contributed by atoms with Crippen LogP contribution in [0, 0.1) is 49.4 Å². The number of halogens is 2. The van der Waals surface area contributed by atoms with Gasteiger partial charge in [-0.1, -0.05) is 154 Å². The molecule has 0 aliphatic carbocycles. The van der Waals surface area contributed by atoms with Gasteiger partial charge in [-0.25, -0.2) is 9.59 Å². The number of carbonyl (C=O) groups excluding carboxylic acids is 10. The second-order valence-corrected chi connectivity index (χ2v) is 44.5. The van der Waals surface area contributed by atoms with Crippen LogP contribution in [0.3, 0.4) is 0 Å². The van der Waals surface area contributed by atoms with Crippen molar-refractivity contribution in [3.63, 3.8) is 0 Å². The second kappa shape index (κ2) is 47.8. The number of anilines is 2. The third-order valence-corrected chi connectivity index (χ3v) is 33.7. The maximum absolute atomic E-state index is 14.3. The molecule has 6 heterocycles. The number of carboxylic acid groups (broad SMARTS) is 2. The zero-order chi connectivity index (χ0) is 97.2. The number of carbonyl (C=O) groups is 12. The first-order valence-corrected chi connectivity index (χ1v) is 49.8. The molecule has 4 fully saturated rings. The van der Waals surface area contributed by atoms with Crippen molar-refractivity contribution in [3.05, 3.63) is 104 Å². The Kier molecular flexibility index (Phi) is 40.4. The first-order chi connectivity index (χ1) is 60.6. The van der Waals surface area contributed by atoms with Crippen molar-refractivity contribution in [1.29, 1.82) is 0 Å². The van der Waals surface area contributed by atoms with Gasteiger partial charge in [-0.3, -0.25) is 58.6 Å². The highest BCUT2D eigenvalue weighted by Crippen LogP contribution is 2.54. The summed E-state index contributed by atoms with van der Waals surface area (Å²) in [4.78, 5) is 162. The summed E-state index contributed by atoms with van der Waals surface area (Å²) < 4.78 is 35.2. The van der Waals surface area contributed by atoms with Crippen molar-refractivity contribution in [2.24, 2.45) is 35.5 Å². The van der Waals surface area contributed by atoms with E-state index < -0.39 is 131 Å². The number of ketones is 2. The van der Waals surface area contributed by atoms with Gasteiger partial charge in [0, 0.05) is 164 Å². The molecule has 2 aromatic carbocycles. The molecule has 130 heavy (non-hydrogen) atoms. The number of carboxylic acids is 2. The van der Waals surface area contributed by atoms with E-state index in [-0.39, 0.29) is 121 Å². The van der Waals surface area contributed by atoms with Crippen LogP contribution in [-0.2, 0) is 89.2 Å². The topological polar surface area (TPSA) is 409 Å². The number of likely N-dealkylation sites (N-methyl/N-ethyl adjacent to an activating group) is 2. The number of amides is 8. The quantitative estimate of drug-likeness (QED) is 0.0183. The molecule has 0 radical (unpaired) electrons. The number of allylic oxidation sites excluding steroid dienone is 6. The molecule has 18 atom stereocenters. The number of aliphatic carboxylic acids is 2. The highest BCUT2D eigenvalue weighted by molar-refractivity contribution is 8.77. The van der Waals surface area contributed by atoms with Gasteiger partial charge in [0.15, 0.2) is 23.0 Å². The lowest BCUT2D eigenvalue weighted by molar-refractivity contribution is -0.143. The third kappa shape index (κ3) is 30.4. The highest BCUT2D eigenvalue weighted by Gasteiger charge is 2.65. The lowest BCUT2D eigenvalue weighted by atomic mass is 9.77. The summed E-state index contributed by atoms with van der Waals surface area (Å²) in [5.41, 5.74) is 0.810. The van der Waals surface area contributed by atoms with E-state index in [0.717, 1.165) is 44.9 Å². The van der Waals surface area contributed by atoms with E-state index in [4.69, 9.17) is 61.8 Å². The van der Waals surface area contributed by atoms with Gasteiger partial charge in [-0.15, -0.1) is 0 Å². The average molecular weight is 1930 g/mol. The lowest BCUT2D eigenvalue weighted by Gasteiger charge is -2.42. The van der Waals surface area contributed by atoms with Crippen LogP contribution in [0.4, 0.5) is 21.0 Å². The minimum Gasteiger partial charge on any atom is -0.481 e. The number of nitrogens with zero attached hydrogens (tertiary/aromatic N) is 4. The fraction of sp³-hybridized carbons (Fsp3) is 0.660.